The summed E-state index contributed by atoms with van der Waals surface area (Å²) in [5.74, 6) is 3.56. The van der Waals surface area contributed by atoms with Crippen LogP contribution in [0.5, 0.6) is 0 Å². The topological polar surface area (TPSA) is 72.6 Å². The van der Waals surface area contributed by atoms with Crippen LogP contribution >= 0.6 is 0 Å². The fraction of sp³-hybridized carbons (Fsp3) is 0.957. The van der Waals surface area contributed by atoms with E-state index >= 15 is 0 Å². The molecule has 0 aromatic carbocycles. The van der Waals surface area contributed by atoms with Gasteiger partial charge in [-0.3, -0.25) is 4.79 Å². The van der Waals surface area contributed by atoms with Crippen LogP contribution < -0.4 is 5.73 Å². The largest absolute Gasteiger partial charge is 0.387 e. The minimum atomic E-state index is -0.620. The third kappa shape index (κ3) is 3.46. The first-order chi connectivity index (χ1) is 12.9. The molecular formula is C23H39NO3. The Kier molecular flexibility index (Phi) is 5.35. The van der Waals surface area contributed by atoms with Crippen LogP contribution in [0.15, 0.2) is 0 Å². The number of aliphatic hydroxyl groups is 1. The zero-order valence-corrected chi connectivity index (χ0v) is 17.3. The fourth-order valence-electron chi connectivity index (χ4n) is 7.81. The lowest BCUT2D eigenvalue weighted by Gasteiger charge is -2.58. The molecule has 0 aliphatic heterocycles. The number of carbonyl (C=O) groups excluding carboxylic acids is 1. The van der Waals surface area contributed by atoms with E-state index in [9.17, 15) is 9.90 Å². The van der Waals surface area contributed by atoms with Crippen molar-refractivity contribution >= 4 is 5.91 Å². The van der Waals surface area contributed by atoms with Crippen molar-refractivity contribution in [2.24, 2.45) is 46.7 Å². The van der Waals surface area contributed by atoms with Crippen molar-refractivity contribution < 1.29 is 14.6 Å². The Morgan fingerprint density at radius 2 is 1.89 bits per heavy atom. The summed E-state index contributed by atoms with van der Waals surface area (Å²) >= 11 is 0. The predicted octanol–water partition coefficient (Wildman–Crippen LogP) is 3.90. The van der Waals surface area contributed by atoms with Gasteiger partial charge in [-0.2, -0.15) is 0 Å². The van der Waals surface area contributed by atoms with Crippen LogP contribution in [-0.2, 0) is 9.53 Å². The van der Waals surface area contributed by atoms with Crippen molar-refractivity contribution in [1.82, 2.24) is 0 Å². The molecule has 0 saturated heterocycles. The van der Waals surface area contributed by atoms with Gasteiger partial charge in [-0.05, 0) is 106 Å². The lowest BCUT2D eigenvalue weighted by atomic mass is 9.48. The van der Waals surface area contributed by atoms with Gasteiger partial charge >= 0.3 is 0 Å². The lowest BCUT2D eigenvalue weighted by Crippen LogP contribution is -2.53. The quantitative estimate of drug-likeness (QED) is 0.780. The van der Waals surface area contributed by atoms with Gasteiger partial charge in [-0.25, -0.2) is 0 Å². The second kappa shape index (κ2) is 7.33. The average Bonchev–Trinajstić information content (AvgIpc) is 2.78. The van der Waals surface area contributed by atoms with E-state index in [-0.39, 0.29) is 11.8 Å². The van der Waals surface area contributed by atoms with Crippen molar-refractivity contribution in [2.75, 3.05) is 13.2 Å². The van der Waals surface area contributed by atoms with E-state index in [2.05, 4.69) is 6.92 Å². The molecule has 4 fully saturated rings. The summed E-state index contributed by atoms with van der Waals surface area (Å²) in [5.41, 5.74) is 5.45. The third-order valence-corrected chi connectivity index (χ3v) is 9.32. The normalized spacial score (nSPS) is 49.6. The standard InChI is InChI=1S/C23H39NO3/c1-3-27-14-23(26)11-10-22(2)17(13-23)6-8-18-15-4-7-19(21(24)25)16(12-15)5-9-20(18)22/h15-20,26H,3-14H2,1-2H3,(H2,24,25)/t15-,16-,17-,18+,19+,20+,22+,23-/m1/s1. The van der Waals surface area contributed by atoms with E-state index in [4.69, 9.17) is 10.5 Å². The van der Waals surface area contributed by atoms with E-state index in [1.807, 2.05) is 6.92 Å². The van der Waals surface area contributed by atoms with Gasteiger partial charge in [-0.1, -0.05) is 6.92 Å². The molecule has 4 aliphatic carbocycles. The molecule has 1 amide bonds. The highest BCUT2D eigenvalue weighted by Crippen LogP contribution is 2.62. The molecule has 4 heteroatoms. The number of primary amides is 1. The molecule has 4 nitrogen and oxygen atoms in total. The summed E-state index contributed by atoms with van der Waals surface area (Å²) in [7, 11) is 0. The van der Waals surface area contributed by atoms with Crippen LogP contribution in [0.2, 0.25) is 0 Å². The number of hydrogen-bond acceptors (Lipinski definition) is 3. The van der Waals surface area contributed by atoms with Crippen LogP contribution in [0.3, 0.4) is 0 Å². The molecule has 0 spiro atoms. The average molecular weight is 378 g/mol. The Bertz CT molecular complexity index is 566. The van der Waals surface area contributed by atoms with Crippen LogP contribution in [0, 0.1) is 40.9 Å². The number of nitrogens with two attached hydrogens (primary N) is 1. The van der Waals surface area contributed by atoms with Crippen molar-refractivity contribution in [1.29, 1.82) is 0 Å². The number of hydrogen-bond donors (Lipinski definition) is 2. The maximum atomic E-state index is 11.9. The molecule has 154 valence electrons. The summed E-state index contributed by atoms with van der Waals surface area (Å²) in [4.78, 5) is 11.9. The predicted molar refractivity (Wildman–Crippen MR) is 106 cm³/mol. The summed E-state index contributed by atoms with van der Waals surface area (Å²) in [5, 5.41) is 11.1. The Labute approximate surface area is 164 Å². The SMILES string of the molecule is CCOC[C@@]1(O)CC[C@@]2(C)[C@H](CC[C@H]3[C@@H]4CC[C@H](C(N)=O)[C@H](CC[C@@H]32)C4)C1. The van der Waals surface area contributed by atoms with Gasteiger partial charge in [-0.15, -0.1) is 0 Å². The first kappa shape index (κ1) is 19.7. The number of fused-ring (bicyclic) bond motifs is 6. The number of ether oxygens (including phenoxy) is 1. The highest BCUT2D eigenvalue weighted by Gasteiger charge is 2.56. The molecule has 0 aromatic heterocycles. The molecule has 3 N–H and O–H groups in total. The first-order valence-electron chi connectivity index (χ1n) is 11.5. The lowest BCUT2D eigenvalue weighted by molar-refractivity contribution is -0.146. The van der Waals surface area contributed by atoms with Gasteiger partial charge in [0.25, 0.3) is 0 Å². The minimum Gasteiger partial charge on any atom is -0.387 e. The van der Waals surface area contributed by atoms with Crippen LogP contribution in [0.1, 0.15) is 78.1 Å². The maximum Gasteiger partial charge on any atom is 0.220 e. The molecular weight excluding hydrogens is 338 g/mol. The number of amides is 1. The molecule has 0 radical (unpaired) electrons. The first-order valence-corrected chi connectivity index (χ1v) is 11.5. The van der Waals surface area contributed by atoms with E-state index < -0.39 is 5.60 Å². The Morgan fingerprint density at radius 3 is 2.63 bits per heavy atom. The molecule has 0 aromatic rings. The zero-order valence-electron chi connectivity index (χ0n) is 17.3. The summed E-state index contributed by atoms with van der Waals surface area (Å²) in [6.45, 7) is 5.70. The van der Waals surface area contributed by atoms with Crippen molar-refractivity contribution in [3.8, 4) is 0 Å². The molecule has 2 bridgehead atoms. The summed E-state index contributed by atoms with van der Waals surface area (Å²) in [6, 6.07) is 0. The molecule has 4 saturated carbocycles. The van der Waals surface area contributed by atoms with Crippen LogP contribution in [0.4, 0.5) is 0 Å². The van der Waals surface area contributed by atoms with Crippen LogP contribution in [0.25, 0.3) is 0 Å². The van der Waals surface area contributed by atoms with E-state index in [1.165, 1.54) is 38.5 Å². The Hall–Kier alpha value is -0.610. The summed E-state index contributed by atoms with van der Waals surface area (Å²) in [6.07, 6.45) is 11.3. The van der Waals surface area contributed by atoms with E-state index in [1.54, 1.807) is 0 Å². The molecule has 0 unspecified atom stereocenters. The van der Waals surface area contributed by atoms with Gasteiger partial charge in [0.1, 0.15) is 0 Å². The Balaban J connectivity index is 1.52. The van der Waals surface area contributed by atoms with Gasteiger partial charge in [0, 0.05) is 12.5 Å². The number of rotatable bonds is 4. The van der Waals surface area contributed by atoms with Gasteiger partial charge in [0.2, 0.25) is 5.91 Å². The van der Waals surface area contributed by atoms with Gasteiger partial charge in [0.15, 0.2) is 0 Å². The fourth-order valence-corrected chi connectivity index (χ4v) is 7.81. The second-order valence-corrected chi connectivity index (χ2v) is 10.5. The molecule has 4 aliphatic rings. The molecule has 0 heterocycles. The zero-order chi connectivity index (χ0) is 19.2. The smallest absolute Gasteiger partial charge is 0.220 e. The highest BCUT2D eigenvalue weighted by atomic mass is 16.5. The van der Waals surface area contributed by atoms with Gasteiger partial charge < -0.3 is 15.6 Å². The van der Waals surface area contributed by atoms with Crippen molar-refractivity contribution in [3.05, 3.63) is 0 Å². The third-order valence-electron chi connectivity index (χ3n) is 9.32. The maximum absolute atomic E-state index is 11.9. The highest BCUT2D eigenvalue weighted by molar-refractivity contribution is 5.77. The van der Waals surface area contributed by atoms with Crippen LogP contribution in [-0.4, -0.2) is 29.8 Å². The molecule has 27 heavy (non-hydrogen) atoms. The number of carbonyl (C=O) groups is 1. The van der Waals surface area contributed by atoms with E-state index in [0.29, 0.717) is 30.5 Å². The van der Waals surface area contributed by atoms with Crippen molar-refractivity contribution in [3.63, 3.8) is 0 Å². The van der Waals surface area contributed by atoms with Crippen molar-refractivity contribution in [2.45, 2.75) is 83.7 Å². The summed E-state index contributed by atoms with van der Waals surface area (Å²) < 4.78 is 5.61. The monoisotopic (exact) mass is 377 g/mol. The minimum absolute atomic E-state index is 0.0638. The van der Waals surface area contributed by atoms with E-state index in [0.717, 1.165) is 43.4 Å². The second-order valence-electron chi connectivity index (χ2n) is 10.5. The van der Waals surface area contributed by atoms with Gasteiger partial charge in [0.05, 0.1) is 12.2 Å². The molecule has 8 atom stereocenters. The molecule has 4 rings (SSSR count). The Morgan fingerprint density at radius 1 is 1.11 bits per heavy atom.